The van der Waals surface area contributed by atoms with Gasteiger partial charge in [-0.1, -0.05) is 18.2 Å². The molecule has 0 spiro atoms. The number of hydrogen-bond donors (Lipinski definition) is 3. The van der Waals surface area contributed by atoms with Crippen LogP contribution in [-0.2, 0) is 4.79 Å². The number of fused-ring (bicyclic) bond motifs is 1. The van der Waals surface area contributed by atoms with Crippen LogP contribution in [0.4, 0.5) is 29.1 Å². The number of benzene rings is 2. The molecule has 2 aromatic carbocycles. The molecule has 1 aliphatic heterocycles. The van der Waals surface area contributed by atoms with Crippen molar-refractivity contribution in [3.05, 3.63) is 69.4 Å². The Labute approximate surface area is 208 Å². The van der Waals surface area contributed by atoms with E-state index in [0.717, 1.165) is 11.1 Å². The van der Waals surface area contributed by atoms with Crippen molar-refractivity contribution in [2.24, 2.45) is 0 Å². The molecule has 1 unspecified atom stereocenters. The van der Waals surface area contributed by atoms with Crippen molar-refractivity contribution < 1.29 is 41.8 Å². The minimum absolute atomic E-state index is 0.162. The first-order chi connectivity index (χ1) is 17.3. The van der Waals surface area contributed by atoms with E-state index in [4.69, 9.17) is 14.3 Å². The number of aliphatic carboxylic acids is 1. The Morgan fingerprint density at radius 3 is 2.38 bits per heavy atom. The number of para-hydroxylation sites is 1. The highest BCUT2D eigenvalue weighted by Crippen LogP contribution is 2.31. The monoisotopic (exact) mass is 524 g/mol. The van der Waals surface area contributed by atoms with E-state index >= 15 is 0 Å². The van der Waals surface area contributed by atoms with E-state index in [1.165, 1.54) is 12.1 Å². The van der Waals surface area contributed by atoms with E-state index in [9.17, 15) is 32.3 Å². The number of carbonyl (C=O) groups is 2. The number of carboxylic acid groups (broad SMARTS) is 2. The van der Waals surface area contributed by atoms with Crippen molar-refractivity contribution in [1.29, 1.82) is 0 Å². The van der Waals surface area contributed by atoms with Gasteiger partial charge in [0.05, 0.1) is 23.5 Å². The molecular weight excluding hydrogens is 500 g/mol. The molecule has 0 amide bonds. The zero-order valence-electron chi connectivity index (χ0n) is 19.8. The lowest BCUT2D eigenvalue weighted by Gasteiger charge is -2.21. The Hall–Kier alpha value is -4.09. The maximum absolute atomic E-state index is 13.7. The summed E-state index contributed by atoms with van der Waals surface area (Å²) in [7, 11) is 0. The van der Waals surface area contributed by atoms with Gasteiger partial charge in [-0.2, -0.15) is 13.2 Å². The van der Waals surface area contributed by atoms with Crippen LogP contribution >= 0.6 is 0 Å². The van der Waals surface area contributed by atoms with E-state index in [1.54, 1.807) is 29.2 Å². The fourth-order valence-electron chi connectivity index (χ4n) is 3.92. The molecule has 3 N–H and O–H groups in total. The Morgan fingerprint density at radius 1 is 1.16 bits per heavy atom. The second-order valence-corrected chi connectivity index (χ2v) is 8.53. The molecule has 37 heavy (non-hydrogen) atoms. The van der Waals surface area contributed by atoms with Crippen molar-refractivity contribution in [3.63, 3.8) is 0 Å². The second-order valence-electron chi connectivity index (χ2n) is 8.53. The van der Waals surface area contributed by atoms with Crippen LogP contribution in [0.2, 0.25) is 0 Å². The van der Waals surface area contributed by atoms with Crippen molar-refractivity contribution in [3.8, 4) is 0 Å². The first kappa shape index (κ1) is 27.5. The highest BCUT2D eigenvalue weighted by molar-refractivity contribution is 5.94. The van der Waals surface area contributed by atoms with Gasteiger partial charge in [0.15, 0.2) is 11.3 Å². The highest BCUT2D eigenvalue weighted by Gasteiger charge is 2.38. The molecule has 0 radical (unpaired) electrons. The maximum atomic E-state index is 13.7. The lowest BCUT2D eigenvalue weighted by molar-refractivity contribution is -0.192. The van der Waals surface area contributed by atoms with E-state index in [2.05, 4.69) is 5.32 Å². The van der Waals surface area contributed by atoms with Crippen molar-refractivity contribution in [2.75, 3.05) is 23.3 Å². The summed E-state index contributed by atoms with van der Waals surface area (Å²) in [6.07, 6.45) is -5.61. The number of aryl methyl sites for hydroxylation is 1. The molecule has 1 fully saturated rings. The number of rotatable bonds is 5. The molecule has 12 heteroatoms. The zero-order chi connectivity index (χ0) is 27.5. The summed E-state index contributed by atoms with van der Waals surface area (Å²) in [4.78, 5) is 35.0. The van der Waals surface area contributed by atoms with Gasteiger partial charge in [0.2, 0.25) is 0 Å². The molecule has 1 saturated heterocycles. The summed E-state index contributed by atoms with van der Waals surface area (Å²) in [5.41, 5.74) is 2.51. The fraction of sp³-hybridized carbons (Fsp3) is 0.320. The third kappa shape index (κ3) is 6.57. The Kier molecular flexibility index (Phi) is 8.09. The summed E-state index contributed by atoms with van der Waals surface area (Å²) < 4.78 is 51.5. The SMILES string of the molecule is Cc1cc(C(C)Nc2ccccc2C(=O)O)c2oc(N3CC[C@H](F)C3)cc(=O)c2c1.O=C(O)C(F)(F)F. The van der Waals surface area contributed by atoms with Crippen LogP contribution in [0.3, 0.4) is 0 Å². The van der Waals surface area contributed by atoms with Gasteiger partial charge < -0.3 is 24.8 Å². The van der Waals surface area contributed by atoms with Crippen molar-refractivity contribution in [2.45, 2.75) is 38.7 Å². The van der Waals surface area contributed by atoms with E-state index < -0.39 is 24.3 Å². The molecule has 198 valence electrons. The Morgan fingerprint density at radius 2 is 1.81 bits per heavy atom. The zero-order valence-corrected chi connectivity index (χ0v) is 19.8. The number of nitrogens with one attached hydrogen (secondary N) is 1. The van der Waals surface area contributed by atoms with Gasteiger partial charge in [-0.3, -0.25) is 4.79 Å². The van der Waals surface area contributed by atoms with Gasteiger partial charge >= 0.3 is 18.1 Å². The molecular formula is C25H24F4N2O6. The summed E-state index contributed by atoms with van der Waals surface area (Å²) >= 11 is 0. The number of nitrogens with zero attached hydrogens (tertiary/aromatic N) is 1. The number of halogens is 4. The normalized spacial score (nSPS) is 16.2. The third-order valence-electron chi connectivity index (χ3n) is 5.67. The van der Waals surface area contributed by atoms with Crippen LogP contribution in [0.1, 0.15) is 40.9 Å². The van der Waals surface area contributed by atoms with Crippen LogP contribution in [0.5, 0.6) is 0 Å². The molecule has 4 rings (SSSR count). The maximum Gasteiger partial charge on any atom is 0.490 e. The van der Waals surface area contributed by atoms with Gasteiger partial charge in [0, 0.05) is 23.9 Å². The standard InChI is InChI=1S/C23H23FN2O4.C2HF3O2/c1-13-9-17(14(2)25-19-6-4-3-5-16(19)23(28)29)22-18(10-13)20(27)11-21(30-22)26-8-7-15(24)12-26;3-2(4,5)1(6)7/h3-6,9-11,14-15,25H,7-8,12H2,1-2H3,(H,28,29);(H,6,7)/t14?,15-;/m0./s1. The number of hydrogen-bond acceptors (Lipinski definition) is 6. The van der Waals surface area contributed by atoms with Crippen molar-refractivity contribution >= 4 is 34.5 Å². The molecule has 1 aromatic heterocycles. The van der Waals surface area contributed by atoms with Gasteiger partial charge in [0.1, 0.15) is 11.8 Å². The average molecular weight is 524 g/mol. The van der Waals surface area contributed by atoms with Crippen molar-refractivity contribution in [1.82, 2.24) is 0 Å². The fourth-order valence-corrected chi connectivity index (χ4v) is 3.92. The largest absolute Gasteiger partial charge is 0.490 e. The van der Waals surface area contributed by atoms with E-state index in [-0.39, 0.29) is 23.6 Å². The number of carboxylic acids is 2. The molecule has 2 atom stereocenters. The molecule has 0 saturated carbocycles. The molecule has 2 heterocycles. The summed E-state index contributed by atoms with van der Waals surface area (Å²) in [6.45, 7) is 4.47. The van der Waals surface area contributed by atoms with Crippen LogP contribution in [0, 0.1) is 6.92 Å². The first-order valence-electron chi connectivity index (χ1n) is 11.1. The minimum Gasteiger partial charge on any atom is -0.478 e. The molecule has 1 aliphatic rings. The summed E-state index contributed by atoms with van der Waals surface area (Å²) in [5, 5.41) is 20.2. The van der Waals surface area contributed by atoms with E-state index in [1.807, 2.05) is 19.9 Å². The number of aromatic carboxylic acids is 1. The highest BCUT2D eigenvalue weighted by atomic mass is 19.4. The van der Waals surface area contributed by atoms with Gasteiger partial charge in [-0.15, -0.1) is 0 Å². The Balaban J connectivity index is 0.000000479. The summed E-state index contributed by atoms with van der Waals surface area (Å²) in [6, 6.07) is 11.4. The van der Waals surface area contributed by atoms with Gasteiger partial charge in [0.25, 0.3) is 0 Å². The molecule has 0 aliphatic carbocycles. The predicted molar refractivity (Wildman–Crippen MR) is 128 cm³/mol. The molecule has 8 nitrogen and oxygen atoms in total. The predicted octanol–water partition coefficient (Wildman–Crippen LogP) is 5.15. The number of anilines is 2. The molecule has 0 bridgehead atoms. The van der Waals surface area contributed by atoms with Crippen LogP contribution in [0.25, 0.3) is 11.0 Å². The van der Waals surface area contributed by atoms with E-state index in [0.29, 0.717) is 35.5 Å². The average Bonchev–Trinajstić information content (AvgIpc) is 3.25. The smallest absolute Gasteiger partial charge is 0.478 e. The summed E-state index contributed by atoms with van der Waals surface area (Å²) in [5.74, 6) is -3.42. The van der Waals surface area contributed by atoms with Crippen LogP contribution in [0.15, 0.2) is 51.7 Å². The third-order valence-corrected chi connectivity index (χ3v) is 5.67. The lowest BCUT2D eigenvalue weighted by Crippen LogP contribution is -2.21. The second kappa shape index (κ2) is 10.9. The van der Waals surface area contributed by atoms with Crippen LogP contribution in [-0.4, -0.2) is 47.6 Å². The Bertz CT molecular complexity index is 1370. The molecule has 3 aromatic rings. The first-order valence-corrected chi connectivity index (χ1v) is 11.1. The topological polar surface area (TPSA) is 120 Å². The lowest BCUT2D eigenvalue weighted by atomic mass is 10.0. The minimum atomic E-state index is -5.08. The number of alkyl halides is 4. The van der Waals surface area contributed by atoms with Gasteiger partial charge in [-0.25, -0.2) is 14.0 Å². The quantitative estimate of drug-likeness (QED) is 0.392. The van der Waals surface area contributed by atoms with Crippen LogP contribution < -0.4 is 15.6 Å². The van der Waals surface area contributed by atoms with Gasteiger partial charge in [-0.05, 0) is 44.0 Å².